The van der Waals surface area contributed by atoms with E-state index in [-0.39, 0.29) is 11.8 Å². The number of likely N-dealkylation sites (N-methyl/N-ethyl adjacent to an activating group) is 1. The molecule has 1 aliphatic rings. The number of rotatable bonds is 3. The summed E-state index contributed by atoms with van der Waals surface area (Å²) in [5.74, 6) is 0.918. The average Bonchev–Trinajstić information content (AvgIpc) is 3.05. The van der Waals surface area contributed by atoms with E-state index in [2.05, 4.69) is 5.32 Å². The fraction of sp³-hybridized carbons (Fsp3) is 0.312. The third kappa shape index (κ3) is 2.18. The van der Waals surface area contributed by atoms with Gasteiger partial charge < -0.3 is 14.6 Å². The largest absolute Gasteiger partial charge is 0.469 e. The van der Waals surface area contributed by atoms with Crippen molar-refractivity contribution in [1.29, 1.82) is 0 Å². The Kier molecular flexibility index (Phi) is 3.22. The fourth-order valence-electron chi connectivity index (χ4n) is 2.68. The summed E-state index contributed by atoms with van der Waals surface area (Å²) in [7, 11) is 1.84. The van der Waals surface area contributed by atoms with E-state index < -0.39 is 0 Å². The van der Waals surface area contributed by atoms with E-state index in [1.165, 1.54) is 0 Å². The summed E-state index contributed by atoms with van der Waals surface area (Å²) >= 11 is 0. The maximum Gasteiger partial charge on any atom is 0.232 e. The molecule has 0 radical (unpaired) electrons. The van der Waals surface area contributed by atoms with Crippen LogP contribution in [0.15, 0.2) is 41.0 Å². The number of para-hydroxylation sites is 1. The zero-order valence-electron chi connectivity index (χ0n) is 11.7. The lowest BCUT2D eigenvalue weighted by Gasteiger charge is -2.21. The van der Waals surface area contributed by atoms with Gasteiger partial charge in [-0.25, -0.2) is 0 Å². The zero-order valence-corrected chi connectivity index (χ0v) is 11.7. The van der Waals surface area contributed by atoms with E-state index in [1.807, 2.05) is 44.3 Å². The van der Waals surface area contributed by atoms with Crippen LogP contribution in [-0.2, 0) is 11.3 Å². The van der Waals surface area contributed by atoms with Crippen LogP contribution in [0.25, 0.3) is 0 Å². The van der Waals surface area contributed by atoms with Gasteiger partial charge in [-0.1, -0.05) is 18.2 Å². The molecule has 0 fully saturated rings. The van der Waals surface area contributed by atoms with Crippen molar-refractivity contribution in [3.05, 3.63) is 53.5 Å². The number of nitrogens with zero attached hydrogens (tertiary/aromatic N) is 1. The minimum absolute atomic E-state index is 0.0941. The molecule has 0 saturated heterocycles. The molecule has 2 aromatic rings. The van der Waals surface area contributed by atoms with Gasteiger partial charge in [-0.05, 0) is 24.6 Å². The molecule has 1 aromatic heterocycles. The van der Waals surface area contributed by atoms with Crippen molar-refractivity contribution in [3.63, 3.8) is 0 Å². The molecular formula is C16H18N2O2. The van der Waals surface area contributed by atoms with Gasteiger partial charge >= 0.3 is 0 Å². The van der Waals surface area contributed by atoms with Crippen molar-refractivity contribution < 1.29 is 9.21 Å². The lowest BCUT2D eigenvalue weighted by Crippen LogP contribution is -2.32. The molecule has 3 rings (SSSR count). The van der Waals surface area contributed by atoms with Gasteiger partial charge in [-0.3, -0.25) is 4.79 Å². The number of nitrogens with one attached hydrogen (secondary N) is 1. The lowest BCUT2D eigenvalue weighted by atomic mass is 10.00. The first-order chi connectivity index (χ1) is 9.66. The normalized spacial score (nSPS) is 16.6. The van der Waals surface area contributed by atoms with Crippen LogP contribution in [0.3, 0.4) is 0 Å². The predicted molar refractivity (Wildman–Crippen MR) is 77.6 cm³/mol. The van der Waals surface area contributed by atoms with Gasteiger partial charge in [0.1, 0.15) is 5.76 Å². The number of carbonyl (C=O) groups is 1. The van der Waals surface area contributed by atoms with Crippen LogP contribution in [0, 0.1) is 6.92 Å². The van der Waals surface area contributed by atoms with E-state index in [9.17, 15) is 4.79 Å². The van der Waals surface area contributed by atoms with Crippen LogP contribution >= 0.6 is 0 Å². The average molecular weight is 270 g/mol. The molecule has 0 aliphatic carbocycles. The number of aryl methyl sites for hydroxylation is 1. The van der Waals surface area contributed by atoms with Crippen LogP contribution in [0.4, 0.5) is 5.69 Å². The highest BCUT2D eigenvalue weighted by atomic mass is 16.3. The second kappa shape index (κ2) is 5.04. The van der Waals surface area contributed by atoms with Crippen molar-refractivity contribution >= 4 is 11.6 Å². The highest BCUT2D eigenvalue weighted by Crippen LogP contribution is 2.32. The number of furan rings is 1. The van der Waals surface area contributed by atoms with Crippen LogP contribution < -0.4 is 5.32 Å². The van der Waals surface area contributed by atoms with Crippen molar-refractivity contribution in [2.24, 2.45) is 0 Å². The van der Waals surface area contributed by atoms with Gasteiger partial charge in [0.05, 0.1) is 12.2 Å². The first-order valence-electron chi connectivity index (χ1n) is 6.77. The van der Waals surface area contributed by atoms with E-state index in [1.54, 1.807) is 11.2 Å². The molecule has 0 saturated carbocycles. The molecule has 1 amide bonds. The number of hydrogen-bond acceptors (Lipinski definition) is 3. The number of carbonyl (C=O) groups excluding carboxylic acids is 1. The topological polar surface area (TPSA) is 45.5 Å². The number of fused-ring (bicyclic) bond motifs is 1. The molecule has 2 heterocycles. The van der Waals surface area contributed by atoms with Gasteiger partial charge in [0, 0.05) is 31.4 Å². The molecule has 1 N–H and O–H groups in total. The number of benzene rings is 1. The van der Waals surface area contributed by atoms with Crippen LogP contribution in [0.2, 0.25) is 0 Å². The van der Waals surface area contributed by atoms with Gasteiger partial charge in [-0.2, -0.15) is 0 Å². The van der Waals surface area contributed by atoms with E-state index >= 15 is 0 Å². The maximum atomic E-state index is 12.6. The van der Waals surface area contributed by atoms with Crippen LogP contribution in [0.1, 0.15) is 22.8 Å². The number of amides is 1. The highest BCUT2D eigenvalue weighted by molar-refractivity contribution is 5.88. The standard InChI is InChI=1S/C16H18N2O2/c1-11-12(7-8-20-11)10-18(2)16(19)14-9-17-15-6-4-3-5-13(14)15/h3-8,14,17H,9-10H2,1-2H3. The fourth-order valence-corrected chi connectivity index (χ4v) is 2.68. The Balaban J connectivity index is 1.75. The lowest BCUT2D eigenvalue weighted by molar-refractivity contribution is -0.131. The maximum absolute atomic E-state index is 12.6. The van der Waals surface area contributed by atoms with Gasteiger partial charge in [0.15, 0.2) is 0 Å². The summed E-state index contributed by atoms with van der Waals surface area (Å²) in [6, 6.07) is 9.92. The minimum Gasteiger partial charge on any atom is -0.469 e. The highest BCUT2D eigenvalue weighted by Gasteiger charge is 2.30. The molecule has 1 aliphatic heterocycles. The minimum atomic E-state index is -0.0941. The second-order valence-electron chi connectivity index (χ2n) is 5.22. The Bertz CT molecular complexity index is 633. The third-order valence-electron chi connectivity index (χ3n) is 3.88. The van der Waals surface area contributed by atoms with Gasteiger partial charge in [0.25, 0.3) is 0 Å². The Morgan fingerprint density at radius 2 is 2.20 bits per heavy atom. The molecular weight excluding hydrogens is 252 g/mol. The Labute approximate surface area is 118 Å². The molecule has 0 bridgehead atoms. The number of anilines is 1. The monoisotopic (exact) mass is 270 g/mol. The van der Waals surface area contributed by atoms with Crippen molar-refractivity contribution in [2.45, 2.75) is 19.4 Å². The van der Waals surface area contributed by atoms with E-state index in [4.69, 9.17) is 4.42 Å². The quantitative estimate of drug-likeness (QED) is 0.932. The summed E-state index contributed by atoms with van der Waals surface area (Å²) in [4.78, 5) is 14.4. The Hall–Kier alpha value is -2.23. The number of hydrogen-bond donors (Lipinski definition) is 1. The SMILES string of the molecule is Cc1occc1CN(C)C(=O)C1CNc2ccccc21. The first kappa shape index (κ1) is 12.8. The summed E-state index contributed by atoms with van der Waals surface area (Å²) in [5, 5.41) is 3.29. The second-order valence-corrected chi connectivity index (χ2v) is 5.22. The van der Waals surface area contributed by atoms with Crippen molar-refractivity contribution in [3.8, 4) is 0 Å². The first-order valence-corrected chi connectivity index (χ1v) is 6.77. The smallest absolute Gasteiger partial charge is 0.232 e. The molecule has 4 heteroatoms. The summed E-state index contributed by atoms with van der Waals surface area (Å²) in [5.41, 5.74) is 3.21. The molecule has 0 spiro atoms. The summed E-state index contributed by atoms with van der Waals surface area (Å²) < 4.78 is 5.28. The van der Waals surface area contributed by atoms with Crippen LogP contribution in [-0.4, -0.2) is 24.4 Å². The van der Waals surface area contributed by atoms with Gasteiger partial charge in [-0.15, -0.1) is 0 Å². The Morgan fingerprint density at radius 1 is 1.40 bits per heavy atom. The van der Waals surface area contributed by atoms with Gasteiger partial charge in [0.2, 0.25) is 5.91 Å². The molecule has 4 nitrogen and oxygen atoms in total. The predicted octanol–water partition coefficient (Wildman–Crippen LogP) is 2.76. The third-order valence-corrected chi connectivity index (χ3v) is 3.88. The van der Waals surface area contributed by atoms with Crippen molar-refractivity contribution in [1.82, 2.24) is 4.90 Å². The summed E-state index contributed by atoms with van der Waals surface area (Å²) in [6.07, 6.45) is 1.66. The van der Waals surface area contributed by atoms with E-state index in [0.29, 0.717) is 13.1 Å². The summed E-state index contributed by atoms with van der Waals surface area (Å²) in [6.45, 7) is 3.17. The Morgan fingerprint density at radius 3 is 2.95 bits per heavy atom. The molecule has 104 valence electrons. The molecule has 1 unspecified atom stereocenters. The zero-order chi connectivity index (χ0) is 14.1. The van der Waals surface area contributed by atoms with Crippen molar-refractivity contribution in [2.75, 3.05) is 18.9 Å². The van der Waals surface area contributed by atoms with Crippen LogP contribution in [0.5, 0.6) is 0 Å². The molecule has 20 heavy (non-hydrogen) atoms. The molecule has 1 atom stereocenters. The van der Waals surface area contributed by atoms with E-state index in [0.717, 1.165) is 22.6 Å². The molecule has 1 aromatic carbocycles.